The summed E-state index contributed by atoms with van der Waals surface area (Å²) >= 11 is 0. The first kappa shape index (κ1) is 20.0. The van der Waals surface area contributed by atoms with Crippen molar-refractivity contribution in [2.75, 3.05) is 0 Å². The van der Waals surface area contributed by atoms with E-state index < -0.39 is 16.8 Å². The van der Waals surface area contributed by atoms with Crippen LogP contribution in [0.15, 0.2) is 23.3 Å². The zero-order valence-electron chi connectivity index (χ0n) is 19.0. The summed E-state index contributed by atoms with van der Waals surface area (Å²) in [7, 11) is 0. The van der Waals surface area contributed by atoms with Crippen LogP contribution in [0.4, 0.5) is 0 Å². The van der Waals surface area contributed by atoms with Gasteiger partial charge < -0.3 is 18.9 Å². The molecule has 6 rings (SSSR count). The van der Waals surface area contributed by atoms with Gasteiger partial charge in [0.1, 0.15) is 35.1 Å². The van der Waals surface area contributed by atoms with E-state index in [1.165, 1.54) is 0 Å². The molecule has 168 valence electrons. The van der Waals surface area contributed by atoms with Crippen molar-refractivity contribution in [3.8, 4) is 0 Å². The molecule has 2 saturated heterocycles. The van der Waals surface area contributed by atoms with Crippen molar-refractivity contribution in [2.24, 2.45) is 23.7 Å². The molecular weight excluding hydrogens is 396 g/mol. The summed E-state index contributed by atoms with van der Waals surface area (Å²) in [6.07, 6.45) is 2.46. The summed E-state index contributed by atoms with van der Waals surface area (Å²) in [6, 6.07) is 0. The number of hydrogen-bond donors (Lipinski definition) is 0. The first-order chi connectivity index (χ1) is 14.6. The van der Waals surface area contributed by atoms with Crippen LogP contribution in [0.2, 0.25) is 0 Å². The maximum absolute atomic E-state index is 12.8. The van der Waals surface area contributed by atoms with Gasteiger partial charge in [0.05, 0.1) is 5.92 Å². The minimum absolute atomic E-state index is 0.0466. The summed E-state index contributed by atoms with van der Waals surface area (Å²) in [4.78, 5) is 25.3. The second-order valence-electron chi connectivity index (χ2n) is 10.9. The van der Waals surface area contributed by atoms with Gasteiger partial charge in [0.2, 0.25) is 0 Å². The maximum atomic E-state index is 12.8. The number of fused-ring (bicyclic) bond motifs is 5. The largest absolute Gasteiger partial charge is 0.459 e. The van der Waals surface area contributed by atoms with Gasteiger partial charge >= 0.3 is 11.9 Å². The molecule has 0 aromatic rings. The molecule has 0 aromatic heterocycles. The van der Waals surface area contributed by atoms with Crippen molar-refractivity contribution in [3.63, 3.8) is 0 Å². The van der Waals surface area contributed by atoms with Crippen LogP contribution in [-0.2, 0) is 28.5 Å². The van der Waals surface area contributed by atoms with Crippen LogP contribution in [-0.4, -0.2) is 47.1 Å². The van der Waals surface area contributed by atoms with Crippen LogP contribution in [0.3, 0.4) is 0 Å². The van der Waals surface area contributed by atoms with Crippen LogP contribution >= 0.6 is 0 Å². The molecule has 3 aliphatic carbocycles. The minimum Gasteiger partial charge on any atom is -0.459 e. The maximum Gasteiger partial charge on any atom is 0.334 e. The highest BCUT2D eigenvalue weighted by Gasteiger charge is 2.96. The van der Waals surface area contributed by atoms with Crippen molar-refractivity contribution < 1.29 is 28.5 Å². The summed E-state index contributed by atoms with van der Waals surface area (Å²) < 4.78 is 25.1. The highest BCUT2D eigenvalue weighted by atomic mass is 16.7. The molecule has 10 unspecified atom stereocenters. The number of hydrogen-bond acceptors (Lipinski definition) is 6. The Labute approximate surface area is 183 Å². The SMILES string of the molecule is C=C1CCC2OC(=O)C(C)=C2C2C1C13OC1(CC(C)C3OC(=O)C(C)CC)C1OC21C. The van der Waals surface area contributed by atoms with E-state index >= 15 is 0 Å². The Morgan fingerprint density at radius 2 is 2.10 bits per heavy atom. The molecule has 0 spiro atoms. The normalized spacial score (nSPS) is 52.2. The molecule has 3 saturated carbocycles. The Morgan fingerprint density at radius 3 is 2.81 bits per heavy atom. The fraction of sp³-hybridized carbons (Fsp3) is 0.760. The van der Waals surface area contributed by atoms with Crippen LogP contribution in [0.5, 0.6) is 0 Å². The monoisotopic (exact) mass is 428 g/mol. The Balaban J connectivity index is 1.48. The molecule has 3 heterocycles. The Bertz CT molecular complexity index is 952. The van der Waals surface area contributed by atoms with E-state index in [1.54, 1.807) is 0 Å². The molecule has 0 bridgehead atoms. The van der Waals surface area contributed by atoms with Gasteiger partial charge in [-0.2, -0.15) is 0 Å². The number of carbonyl (C=O) groups is 2. The standard InChI is InChI=1S/C25H32O6/c1-7-11(2)20(26)29-19-13(4)10-24-22-23(6,30-22)18-16-14(5)21(27)28-15(16)9-8-12(3)17(18)25(19,24)31-24/h11,13,15,17-19,22H,3,7-10H2,1-2,4-6H3. The van der Waals surface area contributed by atoms with Crippen LogP contribution in [0, 0.1) is 23.7 Å². The summed E-state index contributed by atoms with van der Waals surface area (Å²) in [6.45, 7) is 14.6. The van der Waals surface area contributed by atoms with E-state index in [0.29, 0.717) is 5.57 Å². The van der Waals surface area contributed by atoms with Crippen molar-refractivity contribution in [1.82, 2.24) is 0 Å². The molecule has 0 amide bonds. The van der Waals surface area contributed by atoms with Gasteiger partial charge in [-0.05, 0) is 51.0 Å². The lowest BCUT2D eigenvalue weighted by atomic mass is 9.58. The molecular formula is C25H32O6. The second-order valence-corrected chi connectivity index (χ2v) is 10.9. The van der Waals surface area contributed by atoms with Crippen LogP contribution in [0.25, 0.3) is 0 Å². The van der Waals surface area contributed by atoms with Crippen molar-refractivity contribution in [1.29, 1.82) is 0 Å². The number of carbonyl (C=O) groups excluding carboxylic acids is 2. The van der Waals surface area contributed by atoms with Gasteiger partial charge in [0.15, 0.2) is 0 Å². The third kappa shape index (κ3) is 2.12. The summed E-state index contributed by atoms with van der Waals surface area (Å²) in [5, 5.41) is 0. The van der Waals surface area contributed by atoms with Crippen molar-refractivity contribution >= 4 is 11.9 Å². The number of epoxide rings is 2. The zero-order chi connectivity index (χ0) is 22.1. The molecule has 6 aliphatic rings. The van der Waals surface area contributed by atoms with E-state index in [1.807, 2.05) is 20.8 Å². The third-order valence-corrected chi connectivity index (χ3v) is 9.30. The number of esters is 2. The van der Waals surface area contributed by atoms with Crippen molar-refractivity contribution in [3.05, 3.63) is 23.3 Å². The van der Waals surface area contributed by atoms with Gasteiger partial charge in [-0.1, -0.05) is 32.9 Å². The fourth-order valence-corrected chi connectivity index (χ4v) is 7.65. The quantitative estimate of drug-likeness (QED) is 0.389. The average molecular weight is 429 g/mol. The highest BCUT2D eigenvalue weighted by Crippen LogP contribution is 2.81. The fourth-order valence-electron chi connectivity index (χ4n) is 7.65. The summed E-state index contributed by atoms with van der Waals surface area (Å²) in [5.41, 5.74) is 1.41. The average Bonchev–Trinajstić information content (AvgIpc) is 3.56. The topological polar surface area (TPSA) is 77.7 Å². The van der Waals surface area contributed by atoms with E-state index in [4.69, 9.17) is 18.9 Å². The Kier molecular flexibility index (Phi) is 3.75. The molecule has 3 aliphatic heterocycles. The predicted octanol–water partition coefficient (Wildman–Crippen LogP) is 3.49. The smallest absolute Gasteiger partial charge is 0.334 e. The molecule has 0 aromatic carbocycles. The predicted molar refractivity (Wildman–Crippen MR) is 111 cm³/mol. The molecule has 10 atom stereocenters. The lowest BCUT2D eigenvalue weighted by Crippen LogP contribution is -2.55. The van der Waals surface area contributed by atoms with E-state index in [-0.39, 0.29) is 53.9 Å². The minimum atomic E-state index is -0.619. The lowest BCUT2D eigenvalue weighted by molar-refractivity contribution is -0.162. The van der Waals surface area contributed by atoms with Gasteiger partial charge in [0, 0.05) is 17.4 Å². The van der Waals surface area contributed by atoms with Crippen molar-refractivity contribution in [2.45, 2.75) is 95.4 Å². The van der Waals surface area contributed by atoms with E-state index in [0.717, 1.165) is 36.8 Å². The highest BCUT2D eigenvalue weighted by molar-refractivity contribution is 5.92. The van der Waals surface area contributed by atoms with Crippen LogP contribution < -0.4 is 0 Å². The molecule has 6 heteroatoms. The molecule has 0 N–H and O–H groups in total. The van der Waals surface area contributed by atoms with Gasteiger partial charge in [0.25, 0.3) is 0 Å². The van der Waals surface area contributed by atoms with Gasteiger partial charge in [-0.3, -0.25) is 4.79 Å². The molecule has 5 fully saturated rings. The van der Waals surface area contributed by atoms with Gasteiger partial charge in [-0.25, -0.2) is 4.79 Å². The Hall–Kier alpha value is -1.66. The zero-order valence-corrected chi connectivity index (χ0v) is 19.0. The summed E-state index contributed by atoms with van der Waals surface area (Å²) in [5.74, 6) is -0.453. The molecule has 0 radical (unpaired) electrons. The Morgan fingerprint density at radius 1 is 1.35 bits per heavy atom. The van der Waals surface area contributed by atoms with E-state index in [2.05, 4.69) is 20.4 Å². The molecule has 6 nitrogen and oxygen atoms in total. The van der Waals surface area contributed by atoms with Crippen LogP contribution in [0.1, 0.15) is 60.3 Å². The van der Waals surface area contributed by atoms with Gasteiger partial charge in [-0.15, -0.1) is 0 Å². The molecule has 31 heavy (non-hydrogen) atoms. The lowest BCUT2D eigenvalue weighted by Gasteiger charge is -2.41. The first-order valence-electron chi connectivity index (χ1n) is 11.8. The number of rotatable bonds is 3. The second kappa shape index (κ2) is 5.82. The third-order valence-electron chi connectivity index (χ3n) is 9.30. The van der Waals surface area contributed by atoms with E-state index in [9.17, 15) is 9.59 Å². The number of ether oxygens (including phenoxy) is 4. The first-order valence-corrected chi connectivity index (χ1v) is 11.8.